The molecule has 3 aromatic rings. The number of amides is 1. The quantitative estimate of drug-likeness (QED) is 0.332. The molecule has 29 heavy (non-hydrogen) atoms. The van der Waals surface area contributed by atoms with E-state index in [-0.39, 0.29) is 5.69 Å². The average Bonchev–Trinajstić information content (AvgIpc) is 3.13. The molecule has 3 rings (SSSR count). The van der Waals surface area contributed by atoms with E-state index in [2.05, 4.69) is 10.5 Å². The maximum Gasteiger partial charge on any atom is 0.281 e. The molecule has 0 atom stereocenters. The summed E-state index contributed by atoms with van der Waals surface area (Å²) >= 11 is 7.43. The van der Waals surface area contributed by atoms with Gasteiger partial charge in [-0.05, 0) is 25.1 Å². The van der Waals surface area contributed by atoms with Crippen LogP contribution >= 0.6 is 22.9 Å². The summed E-state index contributed by atoms with van der Waals surface area (Å²) in [5, 5.41) is 15.8. The van der Waals surface area contributed by atoms with Gasteiger partial charge in [0.1, 0.15) is 0 Å². The van der Waals surface area contributed by atoms with Crippen LogP contribution in [-0.4, -0.2) is 30.8 Å². The number of non-ortho nitro benzene ring substituents is 1. The van der Waals surface area contributed by atoms with Crippen molar-refractivity contribution in [2.75, 3.05) is 13.7 Å². The second-order valence-corrected chi connectivity index (χ2v) is 7.24. The number of nitro benzene ring substituents is 1. The van der Waals surface area contributed by atoms with Crippen LogP contribution in [0.1, 0.15) is 22.2 Å². The Kier molecular flexibility index (Phi) is 6.30. The molecule has 0 bridgehead atoms. The Morgan fingerprint density at radius 3 is 2.79 bits per heavy atom. The molecule has 1 heterocycles. The Labute approximate surface area is 174 Å². The molecular weight excluding hydrogens is 418 g/mol. The molecule has 0 fully saturated rings. The number of nitrogens with one attached hydrogen (secondary N) is 1. The van der Waals surface area contributed by atoms with Gasteiger partial charge >= 0.3 is 0 Å². The Balaban J connectivity index is 1.76. The first-order chi connectivity index (χ1) is 13.9. The van der Waals surface area contributed by atoms with Gasteiger partial charge in [-0.15, -0.1) is 11.3 Å². The molecule has 150 valence electrons. The summed E-state index contributed by atoms with van der Waals surface area (Å²) in [6.45, 7) is 2.30. The number of carbonyl (C=O) groups is 1. The van der Waals surface area contributed by atoms with Crippen molar-refractivity contribution >= 4 is 50.8 Å². The zero-order valence-electron chi connectivity index (χ0n) is 15.5. The summed E-state index contributed by atoms with van der Waals surface area (Å²) < 4.78 is 11.5. The van der Waals surface area contributed by atoms with Crippen LogP contribution < -0.4 is 14.9 Å². The van der Waals surface area contributed by atoms with Crippen LogP contribution in [-0.2, 0) is 0 Å². The lowest BCUT2D eigenvalue weighted by Gasteiger charge is -2.11. The first-order valence-corrected chi connectivity index (χ1v) is 9.64. The van der Waals surface area contributed by atoms with Crippen molar-refractivity contribution in [3.05, 3.63) is 62.0 Å². The molecule has 0 unspecified atom stereocenters. The summed E-state index contributed by atoms with van der Waals surface area (Å²) in [7, 11) is 1.52. The molecular formula is C19H16ClN3O5S. The summed E-state index contributed by atoms with van der Waals surface area (Å²) in [4.78, 5) is 23.1. The van der Waals surface area contributed by atoms with Gasteiger partial charge in [-0.1, -0.05) is 11.6 Å². The van der Waals surface area contributed by atoms with Gasteiger partial charge < -0.3 is 9.47 Å². The SMILES string of the molecule is CCOc1cc(C=NNC(=O)c2cc3cc([N+](=O)[O-])ccc3s2)c(Cl)cc1OC. The zero-order valence-corrected chi connectivity index (χ0v) is 17.0. The number of halogens is 1. The van der Waals surface area contributed by atoms with Crippen molar-refractivity contribution in [1.82, 2.24) is 5.43 Å². The van der Waals surface area contributed by atoms with Crippen molar-refractivity contribution in [3.63, 3.8) is 0 Å². The minimum atomic E-state index is -0.476. The smallest absolute Gasteiger partial charge is 0.281 e. The molecule has 1 aromatic heterocycles. The van der Waals surface area contributed by atoms with E-state index in [1.165, 1.54) is 36.8 Å². The average molecular weight is 434 g/mol. The first kappa shape index (κ1) is 20.6. The number of thiophene rings is 1. The lowest BCUT2D eigenvalue weighted by atomic mass is 10.2. The van der Waals surface area contributed by atoms with Crippen molar-refractivity contribution in [1.29, 1.82) is 0 Å². The third-order valence-corrected chi connectivity index (χ3v) is 5.33. The van der Waals surface area contributed by atoms with Crippen LogP contribution in [0, 0.1) is 10.1 Å². The van der Waals surface area contributed by atoms with E-state index >= 15 is 0 Å². The lowest BCUT2D eigenvalue weighted by Crippen LogP contribution is -2.16. The molecule has 10 heteroatoms. The van der Waals surface area contributed by atoms with Gasteiger partial charge in [0, 0.05) is 33.8 Å². The highest BCUT2D eigenvalue weighted by Crippen LogP contribution is 2.33. The Morgan fingerprint density at radius 1 is 1.31 bits per heavy atom. The van der Waals surface area contributed by atoms with Crippen molar-refractivity contribution in [3.8, 4) is 11.5 Å². The number of methoxy groups -OCH3 is 1. The monoisotopic (exact) mass is 433 g/mol. The minimum absolute atomic E-state index is 0.0282. The number of benzene rings is 2. The zero-order chi connectivity index (χ0) is 21.0. The minimum Gasteiger partial charge on any atom is -0.493 e. The van der Waals surface area contributed by atoms with Gasteiger partial charge in [0.25, 0.3) is 11.6 Å². The van der Waals surface area contributed by atoms with Gasteiger partial charge in [0.2, 0.25) is 0 Å². The highest BCUT2D eigenvalue weighted by Gasteiger charge is 2.13. The highest BCUT2D eigenvalue weighted by molar-refractivity contribution is 7.20. The number of fused-ring (bicyclic) bond motifs is 1. The van der Waals surface area contributed by atoms with Crippen LogP contribution in [0.5, 0.6) is 11.5 Å². The summed E-state index contributed by atoms with van der Waals surface area (Å²) in [6.07, 6.45) is 1.40. The number of nitro groups is 1. The number of hydrogen-bond acceptors (Lipinski definition) is 7. The highest BCUT2D eigenvalue weighted by atomic mass is 35.5. The summed E-state index contributed by atoms with van der Waals surface area (Å²) in [6, 6.07) is 9.31. The van der Waals surface area contributed by atoms with E-state index in [1.807, 2.05) is 6.92 Å². The van der Waals surface area contributed by atoms with Crippen molar-refractivity contribution in [2.45, 2.75) is 6.92 Å². The van der Waals surface area contributed by atoms with Crippen LogP contribution in [0.25, 0.3) is 10.1 Å². The van der Waals surface area contributed by atoms with Crippen LogP contribution in [0.2, 0.25) is 5.02 Å². The number of ether oxygens (including phenoxy) is 2. The van der Waals surface area contributed by atoms with Gasteiger partial charge in [0.15, 0.2) is 11.5 Å². The number of nitrogens with zero attached hydrogens (tertiary/aromatic N) is 2. The standard InChI is InChI=1S/C19H16ClN3O5S/c1-3-28-16-7-12(14(20)9-15(16)27-2)10-21-22-19(24)18-8-11-6-13(23(25)26)4-5-17(11)29-18/h4-10H,3H2,1-2H3,(H,22,24). The van der Waals surface area contributed by atoms with Crippen molar-refractivity contribution < 1.29 is 19.2 Å². The Hall–Kier alpha value is -3.17. The van der Waals surface area contributed by atoms with Crippen LogP contribution in [0.3, 0.4) is 0 Å². The normalized spacial score (nSPS) is 11.0. The lowest BCUT2D eigenvalue weighted by molar-refractivity contribution is -0.384. The predicted molar refractivity (Wildman–Crippen MR) is 113 cm³/mol. The molecule has 0 aliphatic rings. The van der Waals surface area contributed by atoms with Crippen LogP contribution in [0.15, 0.2) is 41.5 Å². The maximum atomic E-state index is 12.4. The number of carbonyl (C=O) groups excluding carboxylic acids is 1. The van der Waals surface area contributed by atoms with E-state index in [0.29, 0.717) is 39.0 Å². The molecule has 8 nitrogen and oxygen atoms in total. The maximum absolute atomic E-state index is 12.4. The predicted octanol–water partition coefficient (Wildman–Crippen LogP) is 4.63. The molecule has 1 N–H and O–H groups in total. The number of hydrazone groups is 1. The van der Waals surface area contributed by atoms with Gasteiger partial charge in [0.05, 0.1) is 34.8 Å². The molecule has 0 radical (unpaired) electrons. The molecule has 2 aromatic carbocycles. The molecule has 0 saturated carbocycles. The molecule has 0 spiro atoms. The summed E-state index contributed by atoms with van der Waals surface area (Å²) in [5.41, 5.74) is 2.95. The molecule has 0 aliphatic carbocycles. The van der Waals surface area contributed by atoms with E-state index in [0.717, 1.165) is 4.70 Å². The number of hydrogen-bond donors (Lipinski definition) is 1. The topological polar surface area (TPSA) is 103 Å². The Morgan fingerprint density at radius 2 is 2.10 bits per heavy atom. The molecule has 0 saturated heterocycles. The third-order valence-electron chi connectivity index (χ3n) is 3.89. The van der Waals surface area contributed by atoms with E-state index in [4.69, 9.17) is 21.1 Å². The van der Waals surface area contributed by atoms with E-state index in [9.17, 15) is 14.9 Å². The van der Waals surface area contributed by atoms with Gasteiger partial charge in [-0.25, -0.2) is 5.43 Å². The second-order valence-electron chi connectivity index (χ2n) is 5.75. The molecule has 0 aliphatic heterocycles. The summed E-state index contributed by atoms with van der Waals surface area (Å²) in [5.74, 6) is 0.579. The fourth-order valence-electron chi connectivity index (χ4n) is 2.55. The van der Waals surface area contributed by atoms with Crippen LogP contribution in [0.4, 0.5) is 5.69 Å². The fourth-order valence-corrected chi connectivity index (χ4v) is 3.68. The first-order valence-electron chi connectivity index (χ1n) is 8.44. The fraction of sp³-hybridized carbons (Fsp3) is 0.158. The number of rotatable bonds is 7. The second kappa shape index (κ2) is 8.89. The van der Waals surface area contributed by atoms with E-state index < -0.39 is 10.8 Å². The molecule has 1 amide bonds. The van der Waals surface area contributed by atoms with Gasteiger partial charge in [-0.2, -0.15) is 5.10 Å². The Bertz CT molecular complexity index is 1110. The largest absolute Gasteiger partial charge is 0.493 e. The van der Waals surface area contributed by atoms with E-state index in [1.54, 1.807) is 24.3 Å². The third kappa shape index (κ3) is 4.64. The van der Waals surface area contributed by atoms with Gasteiger partial charge in [-0.3, -0.25) is 14.9 Å². The van der Waals surface area contributed by atoms with Crippen molar-refractivity contribution in [2.24, 2.45) is 5.10 Å².